The molecule has 1 unspecified atom stereocenters. The first-order chi connectivity index (χ1) is 13.3. The third-order valence-electron chi connectivity index (χ3n) is 7.91. The highest BCUT2D eigenvalue weighted by Crippen LogP contribution is 2.79. The lowest BCUT2D eigenvalue weighted by atomic mass is 9.93. The van der Waals surface area contributed by atoms with E-state index in [1.165, 1.54) is 82.6 Å². The molecule has 2 saturated carbocycles. The molecule has 0 saturated heterocycles. The summed E-state index contributed by atoms with van der Waals surface area (Å²) in [7, 11) is 6.16. The molecule has 1 aromatic rings. The molecule has 2 fully saturated rings. The first-order valence-electron chi connectivity index (χ1n) is 11.4. The Bertz CT molecular complexity index is 717. The van der Waals surface area contributed by atoms with Gasteiger partial charge in [-0.1, -0.05) is 49.2 Å². The summed E-state index contributed by atoms with van der Waals surface area (Å²) >= 11 is 0. The lowest BCUT2D eigenvalue weighted by molar-refractivity contribution is 0.484. The smallest absolute Gasteiger partial charge is 0.0768 e. The van der Waals surface area contributed by atoms with Crippen LogP contribution in [0.25, 0.3) is 5.57 Å². The second-order valence-corrected chi connectivity index (χ2v) is 13.0. The average molecular weight is 375 g/mol. The van der Waals surface area contributed by atoms with Gasteiger partial charge in [-0.15, -0.1) is 0 Å². The Morgan fingerprint density at radius 1 is 0.778 bits per heavy atom. The summed E-state index contributed by atoms with van der Waals surface area (Å²) in [4.78, 5) is 0. The van der Waals surface area contributed by atoms with E-state index in [0.717, 1.165) is 11.3 Å². The van der Waals surface area contributed by atoms with Gasteiger partial charge in [0.15, 0.2) is 0 Å². The van der Waals surface area contributed by atoms with Crippen LogP contribution in [0.15, 0.2) is 47.3 Å². The minimum atomic E-state index is -1.62. The van der Waals surface area contributed by atoms with Crippen molar-refractivity contribution in [2.75, 3.05) is 0 Å². The Balaban J connectivity index is 1.65. The maximum Gasteiger partial charge on any atom is 0.371 e. The molecular formula is C25H33BP+. The second kappa shape index (κ2) is 7.55. The van der Waals surface area contributed by atoms with E-state index in [0.29, 0.717) is 5.92 Å². The summed E-state index contributed by atoms with van der Waals surface area (Å²) in [5.41, 5.74) is 6.42. The Morgan fingerprint density at radius 3 is 1.96 bits per heavy atom. The Hall–Kier alpha value is -0.805. The molecule has 0 spiro atoms. The summed E-state index contributed by atoms with van der Waals surface area (Å²) < 4.78 is 0. The third-order valence-corrected chi connectivity index (χ3v) is 12.7. The number of hydrogen-bond acceptors (Lipinski definition) is 0. The zero-order valence-electron chi connectivity index (χ0n) is 16.7. The van der Waals surface area contributed by atoms with Crippen LogP contribution < -0.4 is 0 Å². The Kier molecular flexibility index (Phi) is 5.10. The van der Waals surface area contributed by atoms with Gasteiger partial charge < -0.3 is 0 Å². The SMILES string of the molecule is [B][P+](C1=C(c2ccccc2)C2CC=C1C2)(C1CCCCC1)C1CCCCC1. The molecule has 0 N–H and O–H groups in total. The molecular weight excluding hydrogens is 342 g/mol. The lowest BCUT2D eigenvalue weighted by Crippen LogP contribution is -2.30. The molecule has 140 valence electrons. The van der Waals surface area contributed by atoms with Crippen molar-refractivity contribution in [2.24, 2.45) is 5.92 Å². The number of hydrogen-bond donors (Lipinski definition) is 0. The standard InChI is InChI=1S/C25H33BP/c26-27(22-12-6-2-7-13-22,23-14-8-3-9-15-23)25-21-17-16-20(18-21)24(25)19-10-4-1-5-11-19/h1,4-5,10-11,17,20,22-23H,2-3,6-9,12-16,18H2/q+1. The van der Waals surface area contributed by atoms with Gasteiger partial charge in [-0.2, -0.15) is 0 Å². The summed E-state index contributed by atoms with van der Waals surface area (Å²) in [5, 5.41) is 1.73. The van der Waals surface area contributed by atoms with Crippen molar-refractivity contribution < 1.29 is 0 Å². The fourth-order valence-corrected chi connectivity index (χ4v) is 11.8. The molecule has 0 aliphatic heterocycles. The van der Waals surface area contributed by atoms with Gasteiger partial charge in [-0.3, -0.25) is 0 Å². The maximum absolute atomic E-state index is 7.78. The van der Waals surface area contributed by atoms with E-state index in [1.54, 1.807) is 16.5 Å². The van der Waals surface area contributed by atoms with Gasteiger partial charge in [0, 0.05) is 5.57 Å². The van der Waals surface area contributed by atoms with Gasteiger partial charge in [0.2, 0.25) is 0 Å². The highest BCUT2D eigenvalue weighted by atomic mass is 31.2. The molecule has 0 nitrogen and oxygen atoms in total. The quantitative estimate of drug-likeness (QED) is 0.377. The molecule has 4 aliphatic carbocycles. The van der Waals surface area contributed by atoms with Gasteiger partial charge in [-0.25, -0.2) is 0 Å². The van der Waals surface area contributed by atoms with Crippen LogP contribution in [0.5, 0.6) is 0 Å². The van der Waals surface area contributed by atoms with E-state index in [1.807, 2.05) is 0 Å². The van der Waals surface area contributed by atoms with Crippen LogP contribution in [-0.4, -0.2) is 18.9 Å². The van der Waals surface area contributed by atoms with Crippen molar-refractivity contribution in [1.29, 1.82) is 0 Å². The van der Waals surface area contributed by atoms with Crippen LogP contribution in [0.4, 0.5) is 0 Å². The maximum atomic E-state index is 7.78. The molecule has 1 aromatic carbocycles. The van der Waals surface area contributed by atoms with Gasteiger partial charge in [0.25, 0.3) is 0 Å². The zero-order chi connectivity index (χ0) is 18.3. The summed E-state index contributed by atoms with van der Waals surface area (Å²) in [6.45, 7) is 0. The first-order valence-corrected chi connectivity index (χ1v) is 13.4. The monoisotopic (exact) mass is 375 g/mol. The van der Waals surface area contributed by atoms with E-state index in [-0.39, 0.29) is 0 Å². The van der Waals surface area contributed by atoms with Crippen LogP contribution in [0.2, 0.25) is 0 Å². The van der Waals surface area contributed by atoms with Gasteiger partial charge in [0.05, 0.1) is 16.6 Å². The molecule has 4 aliphatic rings. The van der Waals surface area contributed by atoms with E-state index in [9.17, 15) is 0 Å². The average Bonchev–Trinajstić information content (AvgIpc) is 3.37. The molecule has 0 aromatic heterocycles. The molecule has 2 heteroatoms. The fraction of sp³-hybridized carbons (Fsp3) is 0.600. The highest BCUT2D eigenvalue weighted by Gasteiger charge is 2.56. The van der Waals surface area contributed by atoms with E-state index >= 15 is 0 Å². The van der Waals surface area contributed by atoms with Crippen LogP contribution in [0.3, 0.4) is 0 Å². The Labute approximate surface area is 167 Å². The predicted molar refractivity (Wildman–Crippen MR) is 121 cm³/mol. The Morgan fingerprint density at radius 2 is 1.37 bits per heavy atom. The molecule has 27 heavy (non-hydrogen) atoms. The molecule has 2 radical (unpaired) electrons. The number of allylic oxidation sites excluding steroid dienone is 4. The van der Waals surface area contributed by atoms with E-state index in [2.05, 4.69) is 36.4 Å². The van der Waals surface area contributed by atoms with E-state index < -0.39 is 7.14 Å². The zero-order valence-corrected chi connectivity index (χ0v) is 17.6. The molecule has 0 heterocycles. The van der Waals surface area contributed by atoms with Crippen LogP contribution in [0, 0.1) is 5.92 Å². The summed E-state index contributed by atoms with van der Waals surface area (Å²) in [6.07, 6.45) is 19.2. The molecule has 2 bridgehead atoms. The van der Waals surface area contributed by atoms with Crippen LogP contribution in [-0.2, 0) is 0 Å². The first kappa shape index (κ1) is 18.2. The fourth-order valence-electron chi connectivity index (χ4n) is 6.62. The lowest BCUT2D eigenvalue weighted by Gasteiger charge is -2.43. The second-order valence-electron chi connectivity index (χ2n) is 9.41. The number of benzene rings is 1. The van der Waals surface area contributed by atoms with Crippen molar-refractivity contribution in [3.63, 3.8) is 0 Å². The minimum absolute atomic E-state index is 0.715. The third kappa shape index (κ3) is 3.09. The van der Waals surface area contributed by atoms with Gasteiger partial charge in [0.1, 0.15) is 0 Å². The molecule has 1 atom stereocenters. The predicted octanol–water partition coefficient (Wildman–Crippen LogP) is 7.51. The number of rotatable bonds is 4. The summed E-state index contributed by atoms with van der Waals surface area (Å²) in [5.74, 6) is 0.715. The van der Waals surface area contributed by atoms with Crippen LogP contribution >= 0.6 is 7.14 Å². The minimum Gasteiger partial charge on any atom is -0.0768 e. The van der Waals surface area contributed by atoms with Crippen molar-refractivity contribution >= 4 is 20.3 Å². The molecule has 5 rings (SSSR count). The van der Waals surface area contributed by atoms with Crippen molar-refractivity contribution in [1.82, 2.24) is 0 Å². The highest BCUT2D eigenvalue weighted by molar-refractivity contribution is 8.02. The van der Waals surface area contributed by atoms with Crippen molar-refractivity contribution in [3.8, 4) is 0 Å². The summed E-state index contributed by atoms with van der Waals surface area (Å²) in [6, 6.07) is 11.3. The number of fused-ring (bicyclic) bond motifs is 2. The van der Waals surface area contributed by atoms with Crippen molar-refractivity contribution in [2.45, 2.75) is 88.4 Å². The normalized spacial score (nSPS) is 27.3. The van der Waals surface area contributed by atoms with Gasteiger partial charge in [-0.05, 0) is 88.4 Å². The van der Waals surface area contributed by atoms with Crippen LogP contribution in [0.1, 0.15) is 82.6 Å². The van der Waals surface area contributed by atoms with Crippen molar-refractivity contribution in [3.05, 3.63) is 52.9 Å². The van der Waals surface area contributed by atoms with Gasteiger partial charge >= 0.3 is 7.57 Å². The molecule has 0 amide bonds. The topological polar surface area (TPSA) is 0 Å². The van der Waals surface area contributed by atoms with E-state index in [4.69, 9.17) is 7.57 Å². The largest absolute Gasteiger partial charge is 0.371 e.